The van der Waals surface area contributed by atoms with E-state index in [1.165, 1.54) is 16.0 Å². The fourth-order valence-electron chi connectivity index (χ4n) is 3.56. The van der Waals surface area contributed by atoms with E-state index in [4.69, 9.17) is 4.74 Å². The van der Waals surface area contributed by atoms with Gasteiger partial charge in [-0.15, -0.1) is 0 Å². The van der Waals surface area contributed by atoms with E-state index in [2.05, 4.69) is 22.4 Å². The van der Waals surface area contributed by atoms with Gasteiger partial charge in [0, 0.05) is 45.6 Å². The Balaban J connectivity index is 1.47. The molecular weight excluding hydrogens is 440 g/mol. The summed E-state index contributed by atoms with van der Waals surface area (Å²) in [6, 6.07) is 23.5. The van der Waals surface area contributed by atoms with Crippen LogP contribution in [0.3, 0.4) is 0 Å². The largest absolute Gasteiger partial charge is 0.445 e. The fraction of sp³-hybridized carbons (Fsp3) is 0.321. The van der Waals surface area contributed by atoms with Crippen molar-refractivity contribution < 1.29 is 14.3 Å². The lowest BCUT2D eigenvalue weighted by molar-refractivity contribution is 0.101. The molecule has 0 unspecified atom stereocenters. The lowest BCUT2D eigenvalue weighted by Crippen LogP contribution is -2.45. The van der Waals surface area contributed by atoms with Gasteiger partial charge >= 0.3 is 12.1 Å². The molecule has 0 fully saturated rings. The van der Waals surface area contributed by atoms with Crippen molar-refractivity contribution in [3.8, 4) is 0 Å². The van der Waals surface area contributed by atoms with Crippen LogP contribution in [0.2, 0.25) is 0 Å². The molecule has 1 aromatic heterocycles. The quantitative estimate of drug-likeness (QED) is 0.391. The zero-order chi connectivity index (χ0) is 24.7. The number of hydrogen-bond acceptors (Lipinski definition) is 4. The number of rotatable bonds is 12. The molecule has 1 N–H and O–H groups in total. The van der Waals surface area contributed by atoms with Gasteiger partial charge < -0.3 is 19.9 Å². The number of hydrogen-bond donors (Lipinski definition) is 1. The first kappa shape index (κ1) is 25.7. The highest BCUT2D eigenvalue weighted by Gasteiger charge is 2.17. The van der Waals surface area contributed by atoms with Gasteiger partial charge in [0.2, 0.25) is 0 Å². The van der Waals surface area contributed by atoms with Gasteiger partial charge in [-0.3, -0.25) is 4.98 Å². The first-order valence-electron chi connectivity index (χ1n) is 12.0. The molecule has 3 amide bonds. The number of pyridine rings is 1. The third-order valence-corrected chi connectivity index (χ3v) is 5.69. The second kappa shape index (κ2) is 14.4. The van der Waals surface area contributed by atoms with Crippen molar-refractivity contribution in [3.63, 3.8) is 0 Å². The minimum atomic E-state index is -0.408. The van der Waals surface area contributed by atoms with Gasteiger partial charge in [0.05, 0.1) is 0 Å². The van der Waals surface area contributed by atoms with E-state index in [0.29, 0.717) is 26.2 Å². The molecular formula is C28H34N4O3. The van der Waals surface area contributed by atoms with Crippen LogP contribution >= 0.6 is 0 Å². The van der Waals surface area contributed by atoms with Crippen molar-refractivity contribution in [1.82, 2.24) is 20.1 Å². The third kappa shape index (κ3) is 9.49. The van der Waals surface area contributed by atoms with Crippen LogP contribution in [0, 0.1) is 0 Å². The molecule has 2 aromatic carbocycles. The van der Waals surface area contributed by atoms with Crippen molar-refractivity contribution in [2.75, 3.05) is 33.2 Å². The highest BCUT2D eigenvalue weighted by atomic mass is 16.6. The average molecular weight is 475 g/mol. The maximum atomic E-state index is 12.9. The lowest BCUT2D eigenvalue weighted by Gasteiger charge is -2.26. The topological polar surface area (TPSA) is 74.8 Å². The number of carbonyl (C=O) groups excluding carboxylic acids is 2. The van der Waals surface area contributed by atoms with E-state index >= 15 is 0 Å². The van der Waals surface area contributed by atoms with E-state index in [1.807, 2.05) is 60.7 Å². The van der Waals surface area contributed by atoms with Gasteiger partial charge in [0.15, 0.2) is 0 Å². The van der Waals surface area contributed by atoms with E-state index < -0.39 is 6.09 Å². The SMILES string of the molecule is CN(CCN(CCc1ccccc1)C(=O)NCCCc1ccncc1)C(=O)OCc1ccccc1. The van der Waals surface area contributed by atoms with Gasteiger partial charge in [-0.1, -0.05) is 60.7 Å². The van der Waals surface area contributed by atoms with Crippen molar-refractivity contribution >= 4 is 12.1 Å². The summed E-state index contributed by atoms with van der Waals surface area (Å²) >= 11 is 0. The van der Waals surface area contributed by atoms with E-state index in [0.717, 1.165) is 24.8 Å². The summed E-state index contributed by atoms with van der Waals surface area (Å²) in [7, 11) is 1.69. The molecule has 0 aliphatic heterocycles. The predicted molar refractivity (Wildman–Crippen MR) is 137 cm³/mol. The maximum Gasteiger partial charge on any atom is 0.409 e. The van der Waals surface area contributed by atoms with Crippen LogP contribution in [0.1, 0.15) is 23.1 Å². The van der Waals surface area contributed by atoms with Gasteiger partial charge in [0.25, 0.3) is 0 Å². The molecule has 7 nitrogen and oxygen atoms in total. The molecule has 0 aliphatic rings. The number of amides is 3. The zero-order valence-electron chi connectivity index (χ0n) is 20.3. The molecule has 0 saturated carbocycles. The monoisotopic (exact) mass is 474 g/mol. The third-order valence-electron chi connectivity index (χ3n) is 5.69. The molecule has 3 aromatic rings. The summed E-state index contributed by atoms with van der Waals surface area (Å²) in [6.45, 7) is 2.16. The van der Waals surface area contributed by atoms with Gasteiger partial charge in [-0.05, 0) is 48.1 Å². The van der Waals surface area contributed by atoms with Crippen LogP contribution in [0.4, 0.5) is 9.59 Å². The zero-order valence-corrected chi connectivity index (χ0v) is 20.3. The number of ether oxygens (including phenoxy) is 1. The molecule has 184 valence electrons. The standard InChI is InChI=1S/C28H34N4O3/c1-31(28(34)35-23-26-11-6-3-7-12-26)21-22-32(20-16-24-9-4-2-5-10-24)27(33)30-17-8-13-25-14-18-29-19-15-25/h2-7,9-12,14-15,18-19H,8,13,16-17,20-23H2,1H3,(H,30,33). The first-order valence-corrected chi connectivity index (χ1v) is 12.0. The summed E-state index contributed by atoms with van der Waals surface area (Å²) < 4.78 is 5.40. The second-order valence-corrected chi connectivity index (χ2v) is 8.38. The highest BCUT2D eigenvalue weighted by Crippen LogP contribution is 2.05. The fourth-order valence-corrected chi connectivity index (χ4v) is 3.56. The van der Waals surface area contributed by atoms with Crippen LogP contribution in [-0.4, -0.2) is 60.1 Å². The summed E-state index contributed by atoms with van der Waals surface area (Å²) in [5.74, 6) is 0. The Hall–Kier alpha value is -3.87. The predicted octanol–water partition coefficient (Wildman–Crippen LogP) is 4.54. The Bertz CT molecular complexity index is 1020. The molecule has 0 bridgehead atoms. The molecule has 3 rings (SSSR count). The minimum absolute atomic E-state index is 0.123. The first-order chi connectivity index (χ1) is 17.1. The number of carbonyl (C=O) groups is 2. The van der Waals surface area contributed by atoms with Gasteiger partial charge in [-0.2, -0.15) is 0 Å². The molecule has 7 heteroatoms. The Morgan fingerprint density at radius 2 is 1.43 bits per heavy atom. The van der Waals surface area contributed by atoms with Gasteiger partial charge in [0.1, 0.15) is 6.61 Å². The molecule has 0 aliphatic carbocycles. The number of aromatic nitrogens is 1. The lowest BCUT2D eigenvalue weighted by atomic mass is 10.1. The normalized spacial score (nSPS) is 10.4. The summed E-state index contributed by atoms with van der Waals surface area (Å²) in [4.78, 5) is 32.6. The average Bonchev–Trinajstić information content (AvgIpc) is 2.91. The number of nitrogens with zero attached hydrogens (tertiary/aromatic N) is 3. The van der Waals surface area contributed by atoms with Crippen molar-refractivity contribution in [1.29, 1.82) is 0 Å². The van der Waals surface area contributed by atoms with Crippen LogP contribution in [-0.2, 0) is 24.2 Å². The van der Waals surface area contributed by atoms with Crippen molar-refractivity contribution in [2.45, 2.75) is 25.9 Å². The van der Waals surface area contributed by atoms with Crippen molar-refractivity contribution in [3.05, 3.63) is 102 Å². The summed E-state index contributed by atoms with van der Waals surface area (Å²) in [5.41, 5.74) is 3.30. The Morgan fingerprint density at radius 3 is 2.11 bits per heavy atom. The van der Waals surface area contributed by atoms with E-state index in [9.17, 15) is 9.59 Å². The molecule has 0 saturated heterocycles. The number of benzene rings is 2. The van der Waals surface area contributed by atoms with Gasteiger partial charge in [-0.25, -0.2) is 9.59 Å². The number of urea groups is 1. The Kier molecular flexibility index (Phi) is 10.6. The molecule has 1 heterocycles. The molecule has 35 heavy (non-hydrogen) atoms. The Labute approximate surface area is 207 Å². The van der Waals surface area contributed by atoms with Crippen LogP contribution in [0.25, 0.3) is 0 Å². The molecule has 0 radical (unpaired) electrons. The molecule has 0 spiro atoms. The number of likely N-dealkylation sites (N-methyl/N-ethyl adjacent to an activating group) is 1. The summed E-state index contributed by atoms with van der Waals surface area (Å²) in [5, 5.41) is 3.03. The highest BCUT2D eigenvalue weighted by molar-refractivity contribution is 5.74. The van der Waals surface area contributed by atoms with Crippen LogP contribution < -0.4 is 5.32 Å². The number of nitrogens with one attached hydrogen (secondary N) is 1. The summed E-state index contributed by atoms with van der Waals surface area (Å²) in [6.07, 6.45) is 5.61. The van der Waals surface area contributed by atoms with E-state index in [1.54, 1.807) is 24.3 Å². The second-order valence-electron chi connectivity index (χ2n) is 8.38. The number of aryl methyl sites for hydroxylation is 1. The molecule has 0 atom stereocenters. The Morgan fingerprint density at radius 1 is 0.800 bits per heavy atom. The van der Waals surface area contributed by atoms with Crippen molar-refractivity contribution in [2.24, 2.45) is 0 Å². The van der Waals surface area contributed by atoms with Crippen LogP contribution in [0.5, 0.6) is 0 Å². The maximum absolute atomic E-state index is 12.9. The van der Waals surface area contributed by atoms with Crippen LogP contribution in [0.15, 0.2) is 85.2 Å². The minimum Gasteiger partial charge on any atom is -0.445 e. The van der Waals surface area contributed by atoms with E-state index in [-0.39, 0.29) is 12.6 Å². The smallest absolute Gasteiger partial charge is 0.409 e.